The fraction of sp³-hybridized carbons (Fsp3) is 0.0303. The predicted molar refractivity (Wildman–Crippen MR) is 597 cm³/mol. The van der Waals surface area contributed by atoms with Gasteiger partial charge in [-0.25, -0.2) is 36.3 Å². The van der Waals surface area contributed by atoms with Crippen LogP contribution < -0.4 is 29.4 Å². The first kappa shape index (κ1) is 63.5. The van der Waals surface area contributed by atoms with Crippen molar-refractivity contribution < 1.29 is 67.5 Å². The zero-order chi connectivity index (χ0) is 127. The summed E-state index contributed by atoms with van der Waals surface area (Å²) >= 11 is 0. The van der Waals surface area contributed by atoms with Gasteiger partial charge in [0.1, 0.15) is 46.5 Å². The van der Waals surface area contributed by atoms with E-state index >= 15 is 17.6 Å². The maximum atomic E-state index is 15.9. The fourth-order valence-corrected chi connectivity index (χ4v) is 19.6. The second kappa shape index (κ2) is 37.8. The molecule has 0 saturated heterocycles. The molecule has 706 valence electrons. The van der Waals surface area contributed by atoms with E-state index < -0.39 is 227 Å². The Balaban J connectivity index is 0.000000137. The van der Waals surface area contributed by atoms with Crippen LogP contribution in [0.1, 0.15) is 74.5 Å². The molecule has 148 heavy (non-hydrogen) atoms. The molecule has 0 aliphatic heterocycles. The molecule has 16 heteroatoms. The lowest BCUT2D eigenvalue weighted by molar-refractivity contribution is 0.609. The van der Waals surface area contributed by atoms with Gasteiger partial charge in [0.05, 0.1) is 121 Å². The van der Waals surface area contributed by atoms with Crippen LogP contribution in [0.15, 0.2) is 448 Å². The van der Waals surface area contributed by atoms with Crippen LogP contribution in [-0.2, 0) is 0 Å². The molecule has 0 radical (unpaired) electrons. The summed E-state index contributed by atoms with van der Waals surface area (Å²) in [4.78, 5) is 18.1. The highest BCUT2D eigenvalue weighted by atomic mass is 19.1. The highest BCUT2D eigenvalue weighted by molar-refractivity contribution is 6.31. The minimum atomic E-state index is -0.718. The molecule has 0 N–H and O–H groups in total. The number of benzene rings is 24. The summed E-state index contributed by atoms with van der Waals surface area (Å²) in [6.07, 6.45) is 0. The molecular formula is C132H86F6N10. The van der Waals surface area contributed by atoms with Gasteiger partial charge in [0.2, 0.25) is 0 Å². The summed E-state index contributed by atoms with van der Waals surface area (Å²) < 4.78 is 351. The van der Waals surface area contributed by atoms with Gasteiger partial charge in [-0.1, -0.05) is 206 Å². The monoisotopic (exact) mass is 1950 g/mol. The Morgan fingerprint density at radius 1 is 0.223 bits per heavy atom. The molecule has 0 amide bonds. The van der Waals surface area contributed by atoms with E-state index in [9.17, 15) is 22.0 Å². The molecule has 0 atom stereocenters. The lowest BCUT2D eigenvalue weighted by Gasteiger charge is -2.30. The Kier molecular flexibility index (Phi) is 16.2. The first-order chi connectivity index (χ1) is 84.9. The van der Waals surface area contributed by atoms with Crippen molar-refractivity contribution in [2.75, 3.05) is 29.4 Å². The Morgan fingerprint density at radius 2 is 0.486 bits per heavy atom. The van der Waals surface area contributed by atoms with Gasteiger partial charge in [-0.3, -0.25) is 9.80 Å². The summed E-state index contributed by atoms with van der Waals surface area (Å²) in [6, 6.07) is 59.8. The average Bonchev–Trinajstić information content (AvgIpc) is 0.713. The molecule has 26 rings (SSSR count). The highest BCUT2D eigenvalue weighted by Crippen LogP contribution is 2.54. The van der Waals surface area contributed by atoms with E-state index in [1.165, 1.54) is 94.7 Å². The molecule has 0 spiro atoms. The summed E-state index contributed by atoms with van der Waals surface area (Å²) in [7, 11) is 0. The van der Waals surface area contributed by atoms with Gasteiger partial charge in [-0.15, -0.1) is 0 Å². The molecule has 2 aromatic heterocycles. The smallest absolute Gasteiger partial charge is 0.147 e. The van der Waals surface area contributed by atoms with Crippen molar-refractivity contribution >= 4 is 221 Å². The van der Waals surface area contributed by atoms with Crippen LogP contribution in [0.2, 0.25) is 0 Å². The van der Waals surface area contributed by atoms with E-state index in [1.54, 1.807) is 169 Å². The number of nitrogens with zero attached hydrogens (tertiary/aromatic N) is 10. The van der Waals surface area contributed by atoms with Gasteiger partial charge in [0, 0.05) is 88.6 Å². The fourth-order valence-electron chi connectivity index (χ4n) is 19.6. The van der Waals surface area contributed by atoms with Crippen LogP contribution >= 0.6 is 0 Å². The SMILES string of the molecule is [2H]c1c([2H])c(N(c2ccccc2F)c2ccc3ccc4c(N(c5ccccc5F)c5c([2H])c([2H])c(C#N)c([2H])c5[2H])ccc5ccc2c3c54)c([2H])c([2H])c1C#N.[2H]c1c([2H])c([2H])c(N(c2cc(C)c(F)c(C)c2)c2ccc3ccc4c(N(c5cc(C)c(F)c(C)c5)c5c([2H])c([2H])c([2H])c([2H])c5[2H])ccc5ccc2c3c54)c([2H])c1[2H].[2H]c1c([2H])c([2H])c2c([2H])c([2H])c(N(c3ccc(F)cc3)c3ccc4ccc5c(N(c6ccc(F)cc6)c6nc7c([2H])c([2H])c([2H])c([2H])c7c([2H])c6[2H])ccc6ccc3c4c65)nc2c1[2H]. The van der Waals surface area contributed by atoms with Gasteiger partial charge in [-0.2, -0.15) is 10.5 Å². The van der Waals surface area contributed by atoms with E-state index in [0.717, 1.165) is 32.3 Å². The molecule has 0 bridgehead atoms. The van der Waals surface area contributed by atoms with Crippen LogP contribution in [0.25, 0.3) is 119 Å². The number of hydrogen-bond acceptors (Lipinski definition) is 10. The Bertz CT molecular complexity index is 11000. The van der Waals surface area contributed by atoms with Gasteiger partial charge < -0.3 is 19.6 Å². The summed E-state index contributed by atoms with van der Waals surface area (Å²) in [6.45, 7) is 6.40. The maximum absolute atomic E-state index is 15.9. The molecule has 10 nitrogen and oxygen atoms in total. The summed E-state index contributed by atoms with van der Waals surface area (Å²) in [5.74, 6) is -3.68. The quantitative estimate of drug-likeness (QED) is 0.0611. The molecule has 0 unspecified atom stereocenters. The number of para-hydroxylation sites is 6. The first-order valence-corrected chi connectivity index (χ1v) is 46.3. The van der Waals surface area contributed by atoms with Gasteiger partial charge in [0.25, 0.3) is 0 Å². The molecule has 26 aromatic rings. The molecule has 0 fully saturated rings. The summed E-state index contributed by atoms with van der Waals surface area (Å²) in [5, 5.41) is 31.0. The van der Waals surface area contributed by atoms with Crippen LogP contribution in [-0.4, -0.2) is 9.97 Å². The third-order valence-electron chi connectivity index (χ3n) is 26.1. The third kappa shape index (κ3) is 16.2. The van der Waals surface area contributed by atoms with Crippen LogP contribution in [0.4, 0.5) is 129 Å². The van der Waals surface area contributed by atoms with Crippen molar-refractivity contribution in [1.29, 1.82) is 10.5 Å². The van der Waals surface area contributed by atoms with Gasteiger partial charge >= 0.3 is 0 Å². The zero-order valence-electron chi connectivity index (χ0n) is 108. The number of aromatic nitrogens is 2. The summed E-state index contributed by atoms with van der Waals surface area (Å²) in [5.41, 5.74) is 2.59. The maximum Gasteiger partial charge on any atom is 0.147 e. The van der Waals surface area contributed by atoms with E-state index in [1.807, 2.05) is 72.8 Å². The normalized spacial score (nSPS) is 14.3. The number of anilines is 18. The number of pyridine rings is 2. The molecule has 0 aliphatic rings. The third-order valence-corrected chi connectivity index (χ3v) is 26.1. The number of fused-ring (bicyclic) bond motifs is 2. The van der Waals surface area contributed by atoms with Crippen LogP contribution in [0.5, 0.6) is 0 Å². The van der Waals surface area contributed by atoms with Crippen molar-refractivity contribution in [3.63, 3.8) is 0 Å². The topological polar surface area (TPSA) is 92.8 Å². The molecule has 0 saturated carbocycles. The largest absolute Gasteiger partial charge is 0.310 e. The number of nitriles is 2. The van der Waals surface area contributed by atoms with E-state index in [2.05, 4.69) is 9.97 Å². The second-order valence-corrected chi connectivity index (χ2v) is 34.9. The lowest BCUT2D eigenvalue weighted by Crippen LogP contribution is -2.13. The highest BCUT2D eigenvalue weighted by Gasteiger charge is 2.30. The van der Waals surface area contributed by atoms with Gasteiger partial charge in [0.15, 0.2) is 0 Å². The zero-order valence-corrected chi connectivity index (χ0v) is 78.1. The van der Waals surface area contributed by atoms with Crippen LogP contribution in [0, 0.1) is 85.3 Å². The minimum Gasteiger partial charge on any atom is -0.310 e. The number of hydrogen-bond donors (Lipinski definition) is 0. The minimum absolute atomic E-state index is 0.0800. The van der Waals surface area contributed by atoms with Crippen molar-refractivity contribution in [3.8, 4) is 12.1 Å². The average molecular weight is 1960 g/mol. The Hall–Kier alpha value is -19.4. The standard InChI is InChI=1S/C46H28F2N4.C44H34F2N2.C42H24F2N4/c47-33-15-19-35(20-16-33)51(43-27-13-29-5-1-3-7-39(29)49-43)41-25-11-31-10-24-38-42(26-12-32-9-23-37(41)45(31)46(32)38)52(36-21-17-34(48)18-22-36)44-28-14-30-6-2-4-8-40(30)50-44;1-27-23-35(24-28(2)43(27)45)47(33-11-7-5-8-12-33)39-21-17-31-16-20-38-40(22-18-32-15-19-37(39)41(31)42(32)38)48(34-13-9-6-10-14-34)36-25-29(3)44(46)30(4)26-36;43-35-5-1-3-7-39(35)47(31-17-9-27(25-45)10-18-31)37-23-15-29-14-22-34-38(24-16-30-13-21-33(37)41(29)42(30)34)48(40-8-4-2-6-36(40)44)32-19-11-28(26-46)12-20-32/h1-28H;5-26H,1-4H3;1-24H/i1D,2D,3D,4D,5D,6D,7D,8D,13D,14D,27D,28D;5D,6D,7D,8D,9D,10D,11D,12D,13D,14D;9D,10D,11D,12D,17D,18D,19D,20D. The van der Waals surface area contributed by atoms with Gasteiger partial charge in [-0.05, 0) is 357 Å². The lowest BCUT2D eigenvalue weighted by atomic mass is 9.91. The van der Waals surface area contributed by atoms with Crippen LogP contribution in [0.3, 0.4) is 0 Å². The van der Waals surface area contributed by atoms with Crippen molar-refractivity contribution in [3.05, 3.63) is 516 Å². The Morgan fingerprint density at radius 3 is 0.784 bits per heavy atom. The van der Waals surface area contributed by atoms with E-state index in [-0.39, 0.29) is 78.9 Å². The Labute approximate surface area is 891 Å². The number of halogens is 6. The van der Waals surface area contributed by atoms with E-state index in [0.29, 0.717) is 132 Å². The van der Waals surface area contributed by atoms with E-state index in [4.69, 9.17) is 38.4 Å². The first-order valence-electron chi connectivity index (χ1n) is 61.3. The molecular weight excluding hydrogens is 1840 g/mol. The van der Waals surface area contributed by atoms with Crippen molar-refractivity contribution in [2.24, 2.45) is 0 Å². The van der Waals surface area contributed by atoms with Crippen molar-refractivity contribution in [2.45, 2.75) is 27.7 Å². The molecule has 2 heterocycles. The predicted octanol–water partition coefficient (Wildman–Crippen LogP) is 37.5. The molecule has 0 aliphatic carbocycles. The molecule has 24 aromatic carbocycles. The number of rotatable bonds is 18. The van der Waals surface area contributed by atoms with Crippen molar-refractivity contribution in [1.82, 2.24) is 9.97 Å². The second-order valence-electron chi connectivity index (χ2n) is 34.9. The number of aryl methyl sites for hydroxylation is 4.